The number of thioether (sulfide) groups is 1. The number of carbonyl (C=O) groups is 1. The fourth-order valence-electron chi connectivity index (χ4n) is 2.37. The monoisotopic (exact) mass is 442 g/mol. The molecule has 1 fully saturated rings. The molecule has 2 aromatic carbocycles. The molecular weight excluding hydrogens is 430 g/mol. The van der Waals surface area contributed by atoms with E-state index in [4.69, 9.17) is 17.4 Å². The first-order chi connectivity index (χ1) is 13.1. The number of thiocarbonyl (C=S) groups is 1. The maximum atomic E-state index is 12.7. The van der Waals surface area contributed by atoms with Crippen molar-refractivity contribution in [3.05, 3.63) is 59.0 Å². The zero-order valence-electron chi connectivity index (χ0n) is 13.9. The number of amides is 1. The molecule has 0 saturated carbocycles. The number of anilines is 1. The molecule has 11 heteroatoms. The molecule has 0 unspecified atom stereocenters. The number of sulfonamides is 1. The van der Waals surface area contributed by atoms with E-state index in [-0.39, 0.29) is 20.9 Å². The van der Waals surface area contributed by atoms with E-state index in [0.29, 0.717) is 16.2 Å². The first kappa shape index (κ1) is 20.4. The van der Waals surface area contributed by atoms with Crippen molar-refractivity contribution in [2.75, 3.05) is 4.90 Å². The van der Waals surface area contributed by atoms with E-state index in [1.54, 1.807) is 6.08 Å². The summed E-state index contributed by atoms with van der Waals surface area (Å²) in [4.78, 5) is 14.2. The van der Waals surface area contributed by atoms with Crippen molar-refractivity contribution in [2.24, 2.45) is 5.14 Å². The summed E-state index contributed by atoms with van der Waals surface area (Å²) in [5.74, 6) is -0.374. The zero-order chi connectivity index (χ0) is 20.5. The molecule has 28 heavy (non-hydrogen) atoms. The number of rotatable bonds is 5. The van der Waals surface area contributed by atoms with Crippen molar-refractivity contribution >= 4 is 56.0 Å². The van der Waals surface area contributed by atoms with Crippen molar-refractivity contribution < 1.29 is 26.7 Å². The number of hydrogen-bond acceptors (Lipinski definition) is 6. The molecule has 0 bridgehead atoms. The van der Waals surface area contributed by atoms with Crippen LogP contribution in [-0.4, -0.2) is 25.3 Å². The number of primary sulfonamides is 1. The number of hydrogen-bond donors (Lipinski definition) is 1. The molecule has 0 aromatic heterocycles. The lowest BCUT2D eigenvalue weighted by Crippen LogP contribution is -2.27. The second-order valence-corrected chi connectivity index (χ2v) is 8.74. The summed E-state index contributed by atoms with van der Waals surface area (Å²) in [6.07, 6.45) is 1.57. The highest BCUT2D eigenvalue weighted by Gasteiger charge is 2.33. The third kappa shape index (κ3) is 4.55. The Morgan fingerprint density at radius 3 is 2.25 bits per heavy atom. The first-order valence-corrected chi connectivity index (χ1v) is 10.4. The fraction of sp³-hybridized carbons (Fsp3) is 0.0588. The van der Waals surface area contributed by atoms with Crippen LogP contribution in [0, 0.1) is 0 Å². The molecule has 6 nitrogen and oxygen atoms in total. The van der Waals surface area contributed by atoms with E-state index < -0.39 is 16.6 Å². The van der Waals surface area contributed by atoms with Crippen LogP contribution >= 0.6 is 24.0 Å². The largest absolute Gasteiger partial charge is 0.435 e. The van der Waals surface area contributed by atoms with Gasteiger partial charge in [0.1, 0.15) is 5.75 Å². The van der Waals surface area contributed by atoms with Gasteiger partial charge in [-0.2, -0.15) is 8.78 Å². The molecule has 1 amide bonds. The van der Waals surface area contributed by atoms with Gasteiger partial charge in [-0.1, -0.05) is 36.1 Å². The van der Waals surface area contributed by atoms with Crippen LogP contribution in [0.1, 0.15) is 5.56 Å². The Kier molecular flexibility index (Phi) is 5.79. The second-order valence-electron chi connectivity index (χ2n) is 5.50. The van der Waals surface area contributed by atoms with E-state index in [9.17, 15) is 22.0 Å². The molecule has 0 aliphatic carbocycles. The molecule has 3 rings (SSSR count). The lowest BCUT2D eigenvalue weighted by Gasteiger charge is -2.14. The molecule has 0 atom stereocenters. The number of benzene rings is 2. The van der Waals surface area contributed by atoms with Crippen molar-refractivity contribution in [2.45, 2.75) is 11.5 Å². The zero-order valence-corrected chi connectivity index (χ0v) is 16.4. The summed E-state index contributed by atoms with van der Waals surface area (Å²) in [5, 5.41) is 5.06. The van der Waals surface area contributed by atoms with Crippen LogP contribution in [0.15, 0.2) is 58.3 Å². The van der Waals surface area contributed by atoms with Crippen LogP contribution < -0.4 is 14.8 Å². The molecule has 1 aliphatic heterocycles. The fourth-order valence-corrected chi connectivity index (χ4v) is 4.19. The van der Waals surface area contributed by atoms with Gasteiger partial charge >= 0.3 is 6.61 Å². The molecule has 2 N–H and O–H groups in total. The average Bonchev–Trinajstić information content (AvgIpc) is 2.89. The topological polar surface area (TPSA) is 89.7 Å². The van der Waals surface area contributed by atoms with E-state index in [1.165, 1.54) is 53.4 Å². The lowest BCUT2D eigenvalue weighted by atomic mass is 10.2. The summed E-state index contributed by atoms with van der Waals surface area (Å²) in [7, 11) is -3.84. The highest BCUT2D eigenvalue weighted by Crippen LogP contribution is 2.36. The van der Waals surface area contributed by atoms with Crippen LogP contribution in [0.3, 0.4) is 0 Å². The predicted molar refractivity (Wildman–Crippen MR) is 107 cm³/mol. The minimum Gasteiger partial charge on any atom is -0.435 e. The quantitative estimate of drug-likeness (QED) is 0.564. The average molecular weight is 442 g/mol. The molecule has 2 aromatic rings. The van der Waals surface area contributed by atoms with Gasteiger partial charge in [0.15, 0.2) is 4.32 Å². The lowest BCUT2D eigenvalue weighted by molar-refractivity contribution is -0.113. The van der Waals surface area contributed by atoms with E-state index in [2.05, 4.69) is 4.74 Å². The minimum atomic E-state index is -3.84. The Balaban J connectivity index is 1.82. The van der Waals surface area contributed by atoms with Gasteiger partial charge in [0, 0.05) is 0 Å². The summed E-state index contributed by atoms with van der Waals surface area (Å²) in [5.41, 5.74) is 1.01. The minimum absolute atomic E-state index is 0.00893. The van der Waals surface area contributed by atoms with Crippen LogP contribution in [0.2, 0.25) is 0 Å². The smallest absolute Gasteiger partial charge is 0.387 e. The Morgan fingerprint density at radius 2 is 1.71 bits per heavy atom. The molecule has 1 saturated heterocycles. The Bertz CT molecular complexity index is 1050. The number of ether oxygens (including phenoxy) is 1. The van der Waals surface area contributed by atoms with Crippen molar-refractivity contribution in [3.8, 4) is 5.75 Å². The van der Waals surface area contributed by atoms with Gasteiger partial charge in [0.2, 0.25) is 10.0 Å². The van der Waals surface area contributed by atoms with Gasteiger partial charge in [0.05, 0.1) is 15.5 Å². The third-order valence-electron chi connectivity index (χ3n) is 3.62. The van der Waals surface area contributed by atoms with Gasteiger partial charge in [-0.15, -0.1) is 0 Å². The molecular formula is C17H12F2N2O4S3. The Labute approximate surface area is 169 Å². The third-order valence-corrected chi connectivity index (χ3v) is 5.85. The number of alkyl halides is 2. The maximum Gasteiger partial charge on any atom is 0.387 e. The van der Waals surface area contributed by atoms with Gasteiger partial charge in [-0.25, -0.2) is 13.6 Å². The first-order valence-electron chi connectivity index (χ1n) is 7.61. The number of nitrogens with zero attached hydrogens (tertiary/aromatic N) is 1. The van der Waals surface area contributed by atoms with Gasteiger partial charge < -0.3 is 4.74 Å². The normalized spacial score (nSPS) is 16.3. The molecule has 0 radical (unpaired) electrons. The predicted octanol–water partition coefficient (Wildman–Crippen LogP) is 3.34. The Hall–Kier alpha value is -2.34. The number of halogens is 2. The van der Waals surface area contributed by atoms with Gasteiger partial charge in [0.25, 0.3) is 5.91 Å². The second kappa shape index (κ2) is 7.95. The van der Waals surface area contributed by atoms with Gasteiger partial charge in [-0.05, 0) is 48.0 Å². The molecule has 1 heterocycles. The summed E-state index contributed by atoms with van der Waals surface area (Å²) >= 11 is 6.32. The van der Waals surface area contributed by atoms with Crippen molar-refractivity contribution in [3.63, 3.8) is 0 Å². The standard InChI is InChI=1S/C17H12F2N2O4S3/c18-16(19)25-12-5-1-10(2-6-12)9-14-15(22)21(17(26)27-14)11-3-7-13(8-4-11)28(20,23)24/h1-9,16H,(H2,20,23,24)/b14-9+. The van der Waals surface area contributed by atoms with Gasteiger partial charge in [-0.3, -0.25) is 9.69 Å². The van der Waals surface area contributed by atoms with Crippen LogP contribution in [0.5, 0.6) is 5.75 Å². The van der Waals surface area contributed by atoms with Crippen LogP contribution in [0.4, 0.5) is 14.5 Å². The molecule has 1 aliphatic rings. The number of carbonyl (C=O) groups excluding carboxylic acids is 1. The van der Waals surface area contributed by atoms with Crippen molar-refractivity contribution in [1.82, 2.24) is 0 Å². The number of nitrogens with two attached hydrogens (primary N) is 1. The van der Waals surface area contributed by atoms with E-state index in [0.717, 1.165) is 11.8 Å². The van der Waals surface area contributed by atoms with Crippen molar-refractivity contribution in [1.29, 1.82) is 0 Å². The SMILES string of the molecule is NS(=O)(=O)c1ccc(N2C(=O)/C(=C\c3ccc(OC(F)F)cc3)SC2=S)cc1. The van der Waals surface area contributed by atoms with E-state index >= 15 is 0 Å². The summed E-state index contributed by atoms with van der Waals surface area (Å²) in [6.45, 7) is -2.91. The highest BCUT2D eigenvalue weighted by molar-refractivity contribution is 8.27. The van der Waals surface area contributed by atoms with Crippen LogP contribution in [0.25, 0.3) is 6.08 Å². The highest BCUT2D eigenvalue weighted by atomic mass is 32.2. The summed E-state index contributed by atoms with van der Waals surface area (Å²) < 4.78 is 51.6. The molecule has 146 valence electrons. The van der Waals surface area contributed by atoms with Crippen LogP contribution in [-0.2, 0) is 14.8 Å². The van der Waals surface area contributed by atoms with E-state index in [1.807, 2.05) is 0 Å². The maximum absolute atomic E-state index is 12.7. The Morgan fingerprint density at radius 1 is 1.11 bits per heavy atom. The summed E-state index contributed by atoms with van der Waals surface area (Å²) in [6, 6.07) is 11.2. The molecule has 0 spiro atoms.